The summed E-state index contributed by atoms with van der Waals surface area (Å²) >= 11 is 0. The summed E-state index contributed by atoms with van der Waals surface area (Å²) in [6, 6.07) is 3.42. The molecule has 7 nitrogen and oxygen atoms in total. The zero-order valence-corrected chi connectivity index (χ0v) is 15.4. The number of hydrogen-bond donors (Lipinski definition) is 0. The average molecular weight is 363 g/mol. The fourth-order valence-corrected chi connectivity index (χ4v) is 3.59. The highest BCUT2D eigenvalue weighted by atomic mass is 16.6. The molecule has 0 spiro atoms. The van der Waals surface area contributed by atoms with E-state index in [0.717, 1.165) is 19.3 Å². The van der Waals surface area contributed by atoms with E-state index in [0.29, 0.717) is 30.5 Å². The molecule has 1 fully saturated rings. The molecule has 2 aliphatic heterocycles. The molecule has 2 atom stereocenters. The normalized spacial score (nSPS) is 21.9. The molecule has 0 bridgehead atoms. The molecule has 0 aromatic heterocycles. The molecule has 142 valence electrons. The summed E-state index contributed by atoms with van der Waals surface area (Å²) in [5.41, 5.74) is 0.263. The third-order valence-electron chi connectivity index (χ3n) is 4.87. The number of fused-ring (bicyclic) bond motifs is 1. The quantitative estimate of drug-likeness (QED) is 0.765. The Balaban J connectivity index is 1.67. The van der Waals surface area contributed by atoms with Crippen molar-refractivity contribution in [1.29, 1.82) is 0 Å². The lowest BCUT2D eigenvalue weighted by Gasteiger charge is -2.38. The lowest BCUT2D eigenvalue weighted by atomic mass is 9.97. The van der Waals surface area contributed by atoms with E-state index in [2.05, 4.69) is 0 Å². The van der Waals surface area contributed by atoms with E-state index < -0.39 is 5.97 Å². The van der Waals surface area contributed by atoms with Crippen LogP contribution in [0.2, 0.25) is 0 Å². The second-order valence-electron chi connectivity index (χ2n) is 6.71. The number of piperidine rings is 1. The van der Waals surface area contributed by atoms with Gasteiger partial charge >= 0.3 is 5.97 Å². The van der Waals surface area contributed by atoms with Crippen LogP contribution in [-0.2, 0) is 9.53 Å². The van der Waals surface area contributed by atoms with Crippen LogP contribution in [0, 0.1) is 0 Å². The lowest BCUT2D eigenvalue weighted by molar-refractivity contribution is -0.140. The van der Waals surface area contributed by atoms with Crippen LogP contribution < -0.4 is 14.2 Å². The minimum atomic E-state index is -0.592. The number of esters is 1. The fraction of sp³-hybridized carbons (Fsp3) is 0.579. The van der Waals surface area contributed by atoms with Crippen molar-refractivity contribution >= 4 is 11.9 Å². The Morgan fingerprint density at radius 2 is 1.85 bits per heavy atom. The van der Waals surface area contributed by atoms with E-state index in [4.69, 9.17) is 18.9 Å². The predicted octanol–water partition coefficient (Wildman–Crippen LogP) is 2.41. The van der Waals surface area contributed by atoms with Crippen LogP contribution in [0.3, 0.4) is 0 Å². The zero-order valence-electron chi connectivity index (χ0n) is 15.4. The van der Waals surface area contributed by atoms with Gasteiger partial charge < -0.3 is 23.8 Å². The topological polar surface area (TPSA) is 74.3 Å². The monoisotopic (exact) mass is 363 g/mol. The maximum absolute atomic E-state index is 12.5. The van der Waals surface area contributed by atoms with E-state index in [1.54, 1.807) is 6.07 Å². The summed E-state index contributed by atoms with van der Waals surface area (Å²) < 4.78 is 21.5. The highest BCUT2D eigenvalue weighted by molar-refractivity contribution is 5.93. The highest BCUT2D eigenvalue weighted by Gasteiger charge is 2.30. The zero-order chi connectivity index (χ0) is 18.7. The van der Waals surface area contributed by atoms with Gasteiger partial charge in [-0.05, 0) is 45.2 Å². The first-order valence-electron chi connectivity index (χ1n) is 8.97. The molecule has 0 N–H and O–H groups in total. The molecule has 1 aromatic rings. The van der Waals surface area contributed by atoms with Crippen molar-refractivity contribution in [3.05, 3.63) is 17.7 Å². The van der Waals surface area contributed by atoms with Gasteiger partial charge in [0.1, 0.15) is 13.2 Å². The molecule has 0 saturated carbocycles. The second kappa shape index (κ2) is 7.85. The summed E-state index contributed by atoms with van der Waals surface area (Å²) in [6.45, 7) is 4.61. The summed E-state index contributed by atoms with van der Waals surface area (Å²) in [5, 5.41) is 0. The van der Waals surface area contributed by atoms with Crippen LogP contribution in [0.25, 0.3) is 0 Å². The number of methoxy groups -OCH3 is 1. The van der Waals surface area contributed by atoms with Crippen LogP contribution in [-0.4, -0.2) is 55.8 Å². The Morgan fingerprint density at radius 1 is 1.15 bits per heavy atom. The molecule has 7 heteroatoms. The Hall–Kier alpha value is -2.44. The molecular weight excluding hydrogens is 338 g/mol. The number of carbonyl (C=O) groups excluding carboxylic acids is 2. The average Bonchev–Trinajstić information content (AvgIpc) is 2.65. The van der Waals surface area contributed by atoms with E-state index in [-0.39, 0.29) is 30.2 Å². The van der Waals surface area contributed by atoms with Gasteiger partial charge in [0.2, 0.25) is 5.75 Å². The number of benzene rings is 1. The minimum Gasteiger partial charge on any atom is -0.493 e. The largest absolute Gasteiger partial charge is 0.493 e. The van der Waals surface area contributed by atoms with Crippen molar-refractivity contribution in [2.75, 3.05) is 26.9 Å². The van der Waals surface area contributed by atoms with Crippen molar-refractivity contribution in [1.82, 2.24) is 4.90 Å². The number of nitrogens with zero attached hydrogens (tertiary/aromatic N) is 1. The van der Waals surface area contributed by atoms with Gasteiger partial charge in [-0.3, -0.25) is 4.79 Å². The van der Waals surface area contributed by atoms with Crippen LogP contribution in [0.5, 0.6) is 17.2 Å². The summed E-state index contributed by atoms with van der Waals surface area (Å²) in [4.78, 5) is 26.7. The molecule has 1 aromatic carbocycles. The number of ether oxygens (including phenoxy) is 4. The van der Waals surface area contributed by atoms with Gasteiger partial charge in [0.15, 0.2) is 18.1 Å². The molecule has 0 unspecified atom stereocenters. The van der Waals surface area contributed by atoms with Crippen molar-refractivity contribution < 1.29 is 28.5 Å². The molecule has 0 aliphatic carbocycles. The van der Waals surface area contributed by atoms with Gasteiger partial charge in [0.05, 0.1) is 12.7 Å². The number of likely N-dealkylation sites (tertiary alicyclic amines) is 1. The Morgan fingerprint density at radius 3 is 2.54 bits per heavy atom. The van der Waals surface area contributed by atoms with E-state index in [1.807, 2.05) is 18.7 Å². The predicted molar refractivity (Wildman–Crippen MR) is 93.9 cm³/mol. The van der Waals surface area contributed by atoms with Gasteiger partial charge in [-0.15, -0.1) is 0 Å². The lowest BCUT2D eigenvalue weighted by Crippen LogP contribution is -2.49. The Bertz CT molecular complexity index is 662. The highest BCUT2D eigenvalue weighted by Crippen LogP contribution is 2.40. The number of hydrogen-bond acceptors (Lipinski definition) is 6. The number of rotatable bonds is 4. The van der Waals surface area contributed by atoms with E-state index in [1.165, 1.54) is 13.2 Å². The maximum atomic E-state index is 12.5. The van der Waals surface area contributed by atoms with Gasteiger partial charge in [-0.1, -0.05) is 0 Å². The van der Waals surface area contributed by atoms with E-state index >= 15 is 0 Å². The molecule has 1 saturated heterocycles. The first kappa shape index (κ1) is 18.4. The van der Waals surface area contributed by atoms with Gasteiger partial charge in [-0.25, -0.2) is 4.79 Å². The van der Waals surface area contributed by atoms with Crippen molar-refractivity contribution in [2.45, 2.75) is 45.2 Å². The van der Waals surface area contributed by atoms with Gasteiger partial charge in [0, 0.05) is 12.1 Å². The summed E-state index contributed by atoms with van der Waals surface area (Å²) in [7, 11) is 1.49. The fourth-order valence-electron chi connectivity index (χ4n) is 3.59. The van der Waals surface area contributed by atoms with Crippen LogP contribution in [0.15, 0.2) is 12.1 Å². The van der Waals surface area contributed by atoms with Crippen LogP contribution in [0.1, 0.15) is 43.5 Å². The summed E-state index contributed by atoms with van der Waals surface area (Å²) in [6.07, 6.45) is 3.07. The third-order valence-corrected chi connectivity index (χ3v) is 4.87. The summed E-state index contributed by atoms with van der Waals surface area (Å²) in [5.74, 6) is 0.557. The standard InChI is InChI=1S/C19H25NO6/c1-12-5-4-6-13(2)20(12)17(21)11-26-19(22)14-9-15(23-3)18-16(10-14)24-7-8-25-18/h9-10,12-13H,4-8,11H2,1-3H3/t12-,13-/m1/s1. The molecule has 1 amide bonds. The van der Waals surface area contributed by atoms with Crippen LogP contribution in [0.4, 0.5) is 0 Å². The molecule has 2 heterocycles. The van der Waals surface area contributed by atoms with Crippen molar-refractivity contribution in [2.24, 2.45) is 0 Å². The Labute approximate surface area is 153 Å². The first-order valence-corrected chi connectivity index (χ1v) is 8.97. The SMILES string of the molecule is COc1cc(C(=O)OCC(=O)N2[C@H](C)CCC[C@H]2C)cc2c1OCCO2. The Kier molecular flexibility index (Phi) is 5.54. The molecule has 26 heavy (non-hydrogen) atoms. The van der Waals surface area contributed by atoms with Crippen molar-refractivity contribution in [3.8, 4) is 17.2 Å². The molecular formula is C19H25NO6. The van der Waals surface area contributed by atoms with Gasteiger partial charge in [-0.2, -0.15) is 0 Å². The molecule has 0 radical (unpaired) electrons. The van der Waals surface area contributed by atoms with Gasteiger partial charge in [0.25, 0.3) is 5.91 Å². The van der Waals surface area contributed by atoms with Crippen LogP contribution >= 0.6 is 0 Å². The molecule has 3 rings (SSSR count). The number of amides is 1. The number of carbonyl (C=O) groups is 2. The second-order valence-corrected chi connectivity index (χ2v) is 6.71. The minimum absolute atomic E-state index is 0.164. The molecule has 2 aliphatic rings. The maximum Gasteiger partial charge on any atom is 0.338 e. The third kappa shape index (κ3) is 3.71. The van der Waals surface area contributed by atoms with E-state index in [9.17, 15) is 9.59 Å². The first-order chi connectivity index (χ1) is 12.5. The van der Waals surface area contributed by atoms with Crippen molar-refractivity contribution in [3.63, 3.8) is 0 Å². The smallest absolute Gasteiger partial charge is 0.338 e.